The molecule has 0 spiro atoms. The van der Waals surface area contributed by atoms with Crippen LogP contribution in [0.1, 0.15) is 21.6 Å². The summed E-state index contributed by atoms with van der Waals surface area (Å²) in [6.45, 7) is 0. The maximum atomic E-state index is 14.0. The second-order valence-electron chi connectivity index (χ2n) is 4.72. The third-order valence-corrected chi connectivity index (χ3v) is 4.03. The third kappa shape index (κ3) is 2.56. The molecule has 0 saturated heterocycles. The van der Waals surface area contributed by atoms with Crippen LogP contribution >= 0.6 is 22.6 Å². The molecule has 0 saturated carbocycles. The molecule has 0 bridgehead atoms. The van der Waals surface area contributed by atoms with Crippen LogP contribution in [-0.2, 0) is 6.42 Å². The van der Waals surface area contributed by atoms with Crippen LogP contribution in [0.2, 0.25) is 0 Å². The normalized spacial score (nSPS) is 11.0. The maximum Gasteiger partial charge on any atom is 0.337 e. The fourth-order valence-electron chi connectivity index (χ4n) is 2.31. The van der Waals surface area contributed by atoms with Crippen molar-refractivity contribution >= 4 is 34.1 Å². The van der Waals surface area contributed by atoms with Gasteiger partial charge in [0.2, 0.25) is 0 Å². The third-order valence-electron chi connectivity index (χ3n) is 3.36. The Morgan fingerprint density at radius 3 is 2.73 bits per heavy atom. The summed E-state index contributed by atoms with van der Waals surface area (Å²) in [6, 6.07) is 5.63. The summed E-state index contributed by atoms with van der Waals surface area (Å²) in [5, 5.41) is 9.28. The van der Waals surface area contributed by atoms with Gasteiger partial charge >= 0.3 is 5.97 Å². The fourth-order valence-corrected chi connectivity index (χ4v) is 2.76. The SMILES string of the molecule is O=C(O)c1cc(F)c2cncn2c1Cc1ccc(I)cc1F. The molecule has 0 aliphatic carbocycles. The first-order valence-electron chi connectivity index (χ1n) is 6.28. The molecular weight excluding hydrogens is 405 g/mol. The van der Waals surface area contributed by atoms with Crippen molar-refractivity contribution in [1.29, 1.82) is 0 Å². The average Bonchev–Trinajstić information content (AvgIpc) is 2.94. The standard InChI is InChI=1S/C15H9F2IN2O2/c16-11-4-9(18)2-1-8(11)3-13-10(15(21)22)5-12(17)14-6-19-7-20(13)14/h1-2,4-7H,3H2,(H,21,22). The molecule has 7 heteroatoms. The number of rotatable bonds is 3. The lowest BCUT2D eigenvalue weighted by Crippen LogP contribution is -2.10. The van der Waals surface area contributed by atoms with Crippen molar-refractivity contribution < 1.29 is 18.7 Å². The van der Waals surface area contributed by atoms with Crippen LogP contribution in [0, 0.1) is 15.2 Å². The number of fused-ring (bicyclic) bond motifs is 1. The van der Waals surface area contributed by atoms with Gasteiger partial charge < -0.3 is 5.11 Å². The molecule has 2 heterocycles. The maximum absolute atomic E-state index is 14.0. The van der Waals surface area contributed by atoms with Gasteiger partial charge in [-0.25, -0.2) is 18.6 Å². The van der Waals surface area contributed by atoms with Crippen molar-refractivity contribution in [2.24, 2.45) is 0 Å². The van der Waals surface area contributed by atoms with Gasteiger partial charge in [-0.05, 0) is 46.4 Å². The Morgan fingerprint density at radius 2 is 2.05 bits per heavy atom. The Balaban J connectivity index is 2.20. The largest absolute Gasteiger partial charge is 0.478 e. The van der Waals surface area contributed by atoms with E-state index in [1.807, 2.05) is 22.6 Å². The lowest BCUT2D eigenvalue weighted by molar-refractivity contribution is 0.0694. The molecule has 0 fully saturated rings. The highest BCUT2D eigenvalue weighted by molar-refractivity contribution is 14.1. The number of nitrogens with zero attached hydrogens (tertiary/aromatic N) is 2. The first kappa shape index (κ1) is 14.9. The predicted molar refractivity (Wildman–Crippen MR) is 84.0 cm³/mol. The van der Waals surface area contributed by atoms with Gasteiger partial charge in [0.1, 0.15) is 17.2 Å². The molecule has 22 heavy (non-hydrogen) atoms. The van der Waals surface area contributed by atoms with Gasteiger partial charge in [-0.15, -0.1) is 0 Å². The fraction of sp³-hybridized carbons (Fsp3) is 0.0667. The Kier molecular flexibility index (Phi) is 3.81. The van der Waals surface area contributed by atoms with Crippen LogP contribution in [0.3, 0.4) is 0 Å². The molecule has 3 aromatic rings. The summed E-state index contributed by atoms with van der Waals surface area (Å²) in [5.41, 5.74) is 0.568. The number of hydrogen-bond donors (Lipinski definition) is 1. The van der Waals surface area contributed by atoms with E-state index < -0.39 is 17.6 Å². The number of aromatic nitrogens is 2. The zero-order chi connectivity index (χ0) is 15.9. The summed E-state index contributed by atoms with van der Waals surface area (Å²) < 4.78 is 30.0. The zero-order valence-electron chi connectivity index (χ0n) is 11.1. The number of aromatic carboxylic acids is 1. The van der Waals surface area contributed by atoms with Gasteiger partial charge in [-0.3, -0.25) is 4.40 Å². The molecule has 1 aromatic carbocycles. The van der Waals surface area contributed by atoms with Crippen molar-refractivity contribution in [2.45, 2.75) is 6.42 Å². The molecule has 0 unspecified atom stereocenters. The molecule has 2 aromatic heterocycles. The molecule has 0 aliphatic rings. The van der Waals surface area contributed by atoms with Crippen molar-refractivity contribution in [2.75, 3.05) is 0 Å². The van der Waals surface area contributed by atoms with E-state index in [2.05, 4.69) is 4.98 Å². The first-order chi connectivity index (χ1) is 10.5. The lowest BCUT2D eigenvalue weighted by Gasteiger charge is -2.11. The number of halogens is 3. The van der Waals surface area contributed by atoms with E-state index in [9.17, 15) is 18.7 Å². The van der Waals surface area contributed by atoms with Crippen molar-refractivity contribution in [1.82, 2.24) is 9.38 Å². The van der Waals surface area contributed by atoms with Crippen LogP contribution in [0.15, 0.2) is 36.8 Å². The quantitative estimate of drug-likeness (QED) is 0.668. The summed E-state index contributed by atoms with van der Waals surface area (Å²) in [5.74, 6) is -2.38. The summed E-state index contributed by atoms with van der Waals surface area (Å²) in [6.07, 6.45) is 2.65. The number of hydrogen-bond acceptors (Lipinski definition) is 2. The van der Waals surface area contributed by atoms with E-state index >= 15 is 0 Å². The smallest absolute Gasteiger partial charge is 0.337 e. The Bertz CT molecular complexity index is 893. The van der Waals surface area contributed by atoms with Gasteiger partial charge in [0.15, 0.2) is 0 Å². The van der Waals surface area contributed by atoms with Crippen molar-refractivity contribution in [3.8, 4) is 0 Å². The highest BCUT2D eigenvalue weighted by Gasteiger charge is 2.19. The molecule has 1 N–H and O–H groups in total. The van der Waals surface area contributed by atoms with Crippen LogP contribution in [0.5, 0.6) is 0 Å². The average molecular weight is 414 g/mol. The van der Waals surface area contributed by atoms with Crippen LogP contribution < -0.4 is 0 Å². The zero-order valence-corrected chi connectivity index (χ0v) is 13.2. The van der Waals surface area contributed by atoms with E-state index in [1.54, 1.807) is 12.1 Å². The second-order valence-corrected chi connectivity index (χ2v) is 5.96. The lowest BCUT2D eigenvalue weighted by atomic mass is 10.0. The molecule has 0 atom stereocenters. The minimum atomic E-state index is -1.27. The molecule has 4 nitrogen and oxygen atoms in total. The second kappa shape index (κ2) is 5.64. The summed E-state index contributed by atoms with van der Waals surface area (Å²) >= 11 is 1.99. The van der Waals surface area contributed by atoms with Gasteiger partial charge in [-0.2, -0.15) is 0 Å². The highest BCUT2D eigenvalue weighted by atomic mass is 127. The highest BCUT2D eigenvalue weighted by Crippen LogP contribution is 2.22. The topological polar surface area (TPSA) is 54.6 Å². The van der Waals surface area contributed by atoms with Crippen LogP contribution in [0.25, 0.3) is 5.52 Å². The number of benzene rings is 1. The number of carboxylic acids is 1. The van der Waals surface area contributed by atoms with Gasteiger partial charge in [0, 0.05) is 15.7 Å². The molecule has 0 aliphatic heterocycles. The minimum Gasteiger partial charge on any atom is -0.478 e. The van der Waals surface area contributed by atoms with Crippen molar-refractivity contribution in [3.63, 3.8) is 0 Å². The van der Waals surface area contributed by atoms with E-state index in [1.165, 1.54) is 23.0 Å². The summed E-state index contributed by atoms with van der Waals surface area (Å²) in [4.78, 5) is 15.2. The molecule has 3 rings (SSSR count). The Morgan fingerprint density at radius 1 is 1.27 bits per heavy atom. The van der Waals surface area contributed by atoms with Gasteiger partial charge in [0.25, 0.3) is 0 Å². The first-order valence-corrected chi connectivity index (χ1v) is 7.36. The summed E-state index contributed by atoms with van der Waals surface area (Å²) in [7, 11) is 0. The van der Waals surface area contributed by atoms with Crippen molar-refractivity contribution in [3.05, 3.63) is 68.8 Å². The molecular formula is C15H9F2IN2O2. The van der Waals surface area contributed by atoms with E-state index in [-0.39, 0.29) is 23.2 Å². The number of carboxylic acid groups (broad SMARTS) is 1. The van der Waals surface area contributed by atoms with E-state index in [4.69, 9.17) is 0 Å². The number of imidazole rings is 1. The Hall–Kier alpha value is -2.03. The predicted octanol–water partition coefficient (Wildman–Crippen LogP) is 3.51. The van der Waals surface area contributed by atoms with Crippen LogP contribution in [0.4, 0.5) is 8.78 Å². The molecule has 0 radical (unpaired) electrons. The van der Waals surface area contributed by atoms with Gasteiger partial charge in [0.05, 0.1) is 18.1 Å². The van der Waals surface area contributed by atoms with E-state index in [0.29, 0.717) is 5.56 Å². The molecule has 0 amide bonds. The monoisotopic (exact) mass is 414 g/mol. The van der Waals surface area contributed by atoms with E-state index in [0.717, 1.165) is 9.64 Å². The molecule has 112 valence electrons. The van der Waals surface area contributed by atoms with Crippen LogP contribution in [-0.4, -0.2) is 20.5 Å². The number of pyridine rings is 1. The van der Waals surface area contributed by atoms with Gasteiger partial charge in [-0.1, -0.05) is 6.07 Å². The minimum absolute atomic E-state index is 0.0253. The Labute approximate surface area is 137 Å². The number of carbonyl (C=O) groups is 1.